The first-order valence-electron chi connectivity index (χ1n) is 8.77. The minimum absolute atomic E-state index is 0.205. The molecule has 24 heavy (non-hydrogen) atoms. The van der Waals surface area contributed by atoms with Crippen molar-refractivity contribution in [2.24, 2.45) is 11.7 Å². The fourth-order valence-electron chi connectivity index (χ4n) is 2.90. The van der Waals surface area contributed by atoms with Crippen LogP contribution in [-0.2, 0) is 11.3 Å². The van der Waals surface area contributed by atoms with Crippen molar-refractivity contribution in [2.45, 2.75) is 52.2 Å². The maximum Gasteiger partial charge on any atom is 0.410 e. The fourth-order valence-corrected chi connectivity index (χ4v) is 2.90. The topological polar surface area (TPSA) is 64.8 Å². The zero-order valence-corrected chi connectivity index (χ0v) is 15.1. The molecule has 134 valence electrons. The largest absolute Gasteiger partial charge is 0.494 e. The summed E-state index contributed by atoms with van der Waals surface area (Å²) >= 11 is 0. The SMILES string of the molecule is CC(C)(C)OC(=O)N1CCCC(CCOc2cccc(CN)c2)C1. The van der Waals surface area contributed by atoms with Gasteiger partial charge in [0.2, 0.25) is 0 Å². The van der Waals surface area contributed by atoms with E-state index >= 15 is 0 Å². The summed E-state index contributed by atoms with van der Waals surface area (Å²) in [7, 11) is 0. The number of benzene rings is 1. The average molecular weight is 334 g/mol. The van der Waals surface area contributed by atoms with Crippen molar-refractivity contribution in [1.29, 1.82) is 0 Å². The highest BCUT2D eigenvalue weighted by molar-refractivity contribution is 5.68. The van der Waals surface area contributed by atoms with Gasteiger partial charge >= 0.3 is 6.09 Å². The third kappa shape index (κ3) is 6.04. The van der Waals surface area contributed by atoms with E-state index in [0.29, 0.717) is 19.1 Å². The number of nitrogens with two attached hydrogens (primary N) is 1. The maximum atomic E-state index is 12.2. The Morgan fingerprint density at radius 3 is 2.88 bits per heavy atom. The Morgan fingerprint density at radius 2 is 2.17 bits per heavy atom. The highest BCUT2D eigenvalue weighted by atomic mass is 16.6. The maximum absolute atomic E-state index is 12.2. The lowest BCUT2D eigenvalue weighted by Crippen LogP contribution is -2.43. The van der Waals surface area contributed by atoms with E-state index in [-0.39, 0.29) is 6.09 Å². The normalized spacial score (nSPS) is 18.3. The summed E-state index contributed by atoms with van der Waals surface area (Å²) in [5, 5.41) is 0. The van der Waals surface area contributed by atoms with Gasteiger partial charge in [0.1, 0.15) is 11.4 Å². The number of rotatable bonds is 5. The standard InChI is InChI=1S/C19H30N2O3/c1-19(2,3)24-18(22)21-10-5-7-15(14-21)9-11-23-17-8-4-6-16(12-17)13-20/h4,6,8,12,15H,5,7,9-11,13-14,20H2,1-3H3. The number of carbonyl (C=O) groups is 1. The number of ether oxygens (including phenoxy) is 2. The third-order valence-corrected chi connectivity index (χ3v) is 4.10. The lowest BCUT2D eigenvalue weighted by Gasteiger charge is -2.34. The summed E-state index contributed by atoms with van der Waals surface area (Å²) in [6, 6.07) is 7.88. The van der Waals surface area contributed by atoms with Gasteiger partial charge in [0.05, 0.1) is 6.61 Å². The van der Waals surface area contributed by atoms with Crippen LogP contribution >= 0.6 is 0 Å². The van der Waals surface area contributed by atoms with E-state index in [1.807, 2.05) is 49.9 Å². The smallest absolute Gasteiger partial charge is 0.410 e. The van der Waals surface area contributed by atoms with E-state index in [4.69, 9.17) is 15.2 Å². The Kier molecular flexibility index (Phi) is 6.49. The minimum atomic E-state index is -0.443. The molecule has 2 N–H and O–H groups in total. The van der Waals surface area contributed by atoms with Crippen LogP contribution in [0.4, 0.5) is 4.79 Å². The molecule has 1 saturated heterocycles. The second-order valence-electron chi connectivity index (χ2n) is 7.42. The summed E-state index contributed by atoms with van der Waals surface area (Å²) in [4.78, 5) is 14.0. The van der Waals surface area contributed by atoms with Gasteiger partial charge in [-0.2, -0.15) is 0 Å². The van der Waals surface area contributed by atoms with Crippen LogP contribution < -0.4 is 10.5 Å². The van der Waals surface area contributed by atoms with Gasteiger partial charge < -0.3 is 20.1 Å². The Morgan fingerprint density at radius 1 is 1.38 bits per heavy atom. The molecule has 2 rings (SSSR count). The molecule has 1 aliphatic rings. The van der Waals surface area contributed by atoms with Crippen molar-refractivity contribution in [3.63, 3.8) is 0 Å². The molecule has 0 aromatic heterocycles. The molecule has 1 atom stereocenters. The zero-order chi connectivity index (χ0) is 17.6. The molecule has 1 aromatic carbocycles. The van der Waals surface area contributed by atoms with Gasteiger partial charge in [0, 0.05) is 19.6 Å². The van der Waals surface area contributed by atoms with Crippen LogP contribution in [-0.4, -0.2) is 36.3 Å². The quantitative estimate of drug-likeness (QED) is 0.894. The number of hydrogen-bond acceptors (Lipinski definition) is 4. The number of piperidine rings is 1. The fraction of sp³-hybridized carbons (Fsp3) is 0.632. The van der Waals surface area contributed by atoms with Crippen LogP contribution in [0.5, 0.6) is 5.75 Å². The summed E-state index contributed by atoms with van der Waals surface area (Å²) in [5.41, 5.74) is 6.27. The van der Waals surface area contributed by atoms with E-state index in [1.165, 1.54) is 0 Å². The molecule has 1 heterocycles. The molecule has 0 radical (unpaired) electrons. The van der Waals surface area contributed by atoms with Crippen LogP contribution in [0.3, 0.4) is 0 Å². The Bertz CT molecular complexity index is 540. The monoisotopic (exact) mass is 334 g/mol. The molecular weight excluding hydrogens is 304 g/mol. The molecule has 0 bridgehead atoms. The predicted octanol–water partition coefficient (Wildman–Crippen LogP) is 3.56. The van der Waals surface area contributed by atoms with Gasteiger partial charge in [0.25, 0.3) is 0 Å². The minimum Gasteiger partial charge on any atom is -0.494 e. The van der Waals surface area contributed by atoms with Crippen molar-refractivity contribution < 1.29 is 14.3 Å². The highest BCUT2D eigenvalue weighted by Gasteiger charge is 2.27. The van der Waals surface area contributed by atoms with Crippen LogP contribution in [0.25, 0.3) is 0 Å². The second kappa shape index (κ2) is 8.38. The van der Waals surface area contributed by atoms with Gasteiger partial charge in [-0.15, -0.1) is 0 Å². The Balaban J connectivity index is 1.77. The first-order chi connectivity index (χ1) is 11.4. The molecule has 1 aromatic rings. The van der Waals surface area contributed by atoms with Gasteiger partial charge in [0.15, 0.2) is 0 Å². The summed E-state index contributed by atoms with van der Waals surface area (Å²) in [6.45, 7) is 8.40. The molecule has 1 unspecified atom stereocenters. The van der Waals surface area contributed by atoms with Crippen molar-refractivity contribution in [3.05, 3.63) is 29.8 Å². The van der Waals surface area contributed by atoms with Gasteiger partial charge in [-0.3, -0.25) is 0 Å². The van der Waals surface area contributed by atoms with E-state index in [2.05, 4.69) is 0 Å². The zero-order valence-electron chi connectivity index (χ0n) is 15.1. The number of nitrogens with zero attached hydrogens (tertiary/aromatic N) is 1. The van der Waals surface area contributed by atoms with Crippen LogP contribution in [0, 0.1) is 5.92 Å². The third-order valence-electron chi connectivity index (χ3n) is 4.10. The second-order valence-corrected chi connectivity index (χ2v) is 7.42. The van der Waals surface area contributed by atoms with Crippen LogP contribution in [0.15, 0.2) is 24.3 Å². The van der Waals surface area contributed by atoms with E-state index < -0.39 is 5.60 Å². The van der Waals surface area contributed by atoms with Crippen molar-refractivity contribution in [1.82, 2.24) is 4.90 Å². The van der Waals surface area contributed by atoms with Gasteiger partial charge in [-0.25, -0.2) is 4.79 Å². The number of hydrogen-bond donors (Lipinski definition) is 1. The first-order valence-corrected chi connectivity index (χ1v) is 8.77. The first kappa shape index (κ1) is 18.6. The number of likely N-dealkylation sites (tertiary alicyclic amines) is 1. The molecule has 1 amide bonds. The number of carbonyl (C=O) groups excluding carboxylic acids is 1. The van der Waals surface area contributed by atoms with Crippen molar-refractivity contribution in [3.8, 4) is 5.75 Å². The molecule has 5 heteroatoms. The molecular formula is C19H30N2O3. The Labute approximate surface area is 145 Å². The molecule has 0 saturated carbocycles. The average Bonchev–Trinajstić information content (AvgIpc) is 2.54. The van der Waals surface area contributed by atoms with Crippen LogP contribution in [0.1, 0.15) is 45.6 Å². The highest BCUT2D eigenvalue weighted by Crippen LogP contribution is 2.22. The van der Waals surface area contributed by atoms with E-state index in [9.17, 15) is 4.79 Å². The van der Waals surface area contributed by atoms with Gasteiger partial charge in [-0.05, 0) is 63.6 Å². The molecule has 0 spiro atoms. The van der Waals surface area contributed by atoms with Crippen molar-refractivity contribution in [2.75, 3.05) is 19.7 Å². The summed E-state index contributed by atoms with van der Waals surface area (Å²) < 4.78 is 11.3. The van der Waals surface area contributed by atoms with Gasteiger partial charge in [-0.1, -0.05) is 12.1 Å². The van der Waals surface area contributed by atoms with Crippen LogP contribution in [0.2, 0.25) is 0 Å². The lowest BCUT2D eigenvalue weighted by atomic mass is 9.95. The lowest BCUT2D eigenvalue weighted by molar-refractivity contribution is 0.0154. The molecule has 5 nitrogen and oxygen atoms in total. The summed E-state index contributed by atoms with van der Waals surface area (Å²) in [5.74, 6) is 1.32. The molecule has 0 aliphatic carbocycles. The molecule has 1 fully saturated rings. The van der Waals surface area contributed by atoms with E-state index in [1.54, 1.807) is 0 Å². The number of amides is 1. The Hall–Kier alpha value is -1.75. The van der Waals surface area contributed by atoms with E-state index in [0.717, 1.165) is 43.7 Å². The molecule has 1 aliphatic heterocycles. The van der Waals surface area contributed by atoms with Crippen molar-refractivity contribution >= 4 is 6.09 Å². The summed E-state index contributed by atoms with van der Waals surface area (Å²) in [6.07, 6.45) is 2.88. The predicted molar refractivity (Wildman–Crippen MR) is 95.0 cm³/mol.